The SMILES string of the molecule is Cc1ccc(S(=O)(=O)N2CCN(C(=O)c3ccc(N4NC(=O)CCC4=O)cc3)CC2)c(C)c1. The number of amides is 3. The Balaban J connectivity index is 1.41. The van der Waals surface area contributed by atoms with Gasteiger partial charge in [0.25, 0.3) is 5.91 Å². The van der Waals surface area contributed by atoms with Crippen molar-refractivity contribution in [3.8, 4) is 0 Å². The van der Waals surface area contributed by atoms with Crippen molar-refractivity contribution in [1.82, 2.24) is 14.6 Å². The number of carbonyl (C=O) groups excluding carboxylic acids is 3. The molecule has 2 aromatic carbocycles. The molecule has 0 radical (unpaired) electrons. The lowest BCUT2D eigenvalue weighted by atomic mass is 10.1. The number of carbonyl (C=O) groups is 3. The maximum atomic E-state index is 13.1. The molecule has 174 valence electrons. The molecule has 3 amide bonds. The number of piperazine rings is 1. The summed E-state index contributed by atoms with van der Waals surface area (Å²) >= 11 is 0. The Morgan fingerprint density at radius 3 is 2.21 bits per heavy atom. The largest absolute Gasteiger partial charge is 0.336 e. The number of nitrogens with one attached hydrogen (secondary N) is 1. The van der Waals surface area contributed by atoms with Crippen LogP contribution in [0.15, 0.2) is 47.4 Å². The maximum Gasteiger partial charge on any atom is 0.253 e. The number of anilines is 1. The van der Waals surface area contributed by atoms with Gasteiger partial charge in [0.1, 0.15) is 0 Å². The number of rotatable bonds is 4. The second kappa shape index (κ2) is 8.95. The standard InChI is InChI=1S/C23H26N4O5S/c1-16-3-8-20(17(2)15-16)33(31,32)26-13-11-25(12-14-26)23(30)18-4-6-19(7-5-18)27-22(29)10-9-21(28)24-27/h3-8,15H,9-14H2,1-2H3,(H,24,28). The summed E-state index contributed by atoms with van der Waals surface area (Å²) in [7, 11) is -3.63. The van der Waals surface area contributed by atoms with Crippen LogP contribution < -0.4 is 10.4 Å². The van der Waals surface area contributed by atoms with Crippen molar-refractivity contribution in [2.75, 3.05) is 31.2 Å². The molecule has 2 fully saturated rings. The number of hydrogen-bond donors (Lipinski definition) is 1. The molecule has 2 heterocycles. The first kappa shape index (κ1) is 22.9. The topological polar surface area (TPSA) is 107 Å². The van der Waals surface area contributed by atoms with Gasteiger partial charge in [0, 0.05) is 44.6 Å². The number of hydrogen-bond acceptors (Lipinski definition) is 5. The van der Waals surface area contributed by atoms with E-state index in [0.29, 0.717) is 21.7 Å². The zero-order valence-electron chi connectivity index (χ0n) is 18.6. The molecule has 0 unspecified atom stereocenters. The van der Waals surface area contributed by atoms with E-state index >= 15 is 0 Å². The van der Waals surface area contributed by atoms with Gasteiger partial charge in [-0.2, -0.15) is 4.31 Å². The molecule has 0 bridgehead atoms. The second-order valence-electron chi connectivity index (χ2n) is 8.28. The van der Waals surface area contributed by atoms with Gasteiger partial charge < -0.3 is 4.90 Å². The molecule has 4 rings (SSSR count). The molecule has 9 nitrogen and oxygen atoms in total. The van der Waals surface area contributed by atoms with Gasteiger partial charge in [0.2, 0.25) is 21.8 Å². The van der Waals surface area contributed by atoms with Crippen molar-refractivity contribution in [3.63, 3.8) is 0 Å². The zero-order chi connectivity index (χ0) is 23.8. The molecule has 33 heavy (non-hydrogen) atoms. The first-order valence-corrected chi connectivity index (χ1v) is 12.2. The van der Waals surface area contributed by atoms with Gasteiger partial charge in [-0.1, -0.05) is 17.7 Å². The van der Waals surface area contributed by atoms with E-state index in [1.165, 1.54) is 9.31 Å². The third-order valence-corrected chi connectivity index (χ3v) is 7.96. The third-order valence-electron chi connectivity index (χ3n) is 5.90. The maximum absolute atomic E-state index is 13.1. The summed E-state index contributed by atoms with van der Waals surface area (Å²) in [6.07, 6.45) is 0.304. The lowest BCUT2D eigenvalue weighted by molar-refractivity contribution is -0.130. The first-order chi connectivity index (χ1) is 15.7. The van der Waals surface area contributed by atoms with Crippen LogP contribution >= 0.6 is 0 Å². The fraction of sp³-hybridized carbons (Fsp3) is 0.348. The van der Waals surface area contributed by atoms with Gasteiger partial charge in [-0.05, 0) is 49.7 Å². The quantitative estimate of drug-likeness (QED) is 0.731. The lowest BCUT2D eigenvalue weighted by Crippen LogP contribution is -2.51. The molecule has 0 spiro atoms. The normalized spacial score (nSPS) is 17.8. The molecule has 2 aromatic rings. The Morgan fingerprint density at radius 2 is 1.58 bits per heavy atom. The summed E-state index contributed by atoms with van der Waals surface area (Å²) in [5, 5.41) is 1.19. The van der Waals surface area contributed by atoms with Crippen molar-refractivity contribution in [2.45, 2.75) is 31.6 Å². The van der Waals surface area contributed by atoms with Crippen molar-refractivity contribution in [1.29, 1.82) is 0 Å². The van der Waals surface area contributed by atoms with Crippen molar-refractivity contribution in [2.24, 2.45) is 0 Å². The van der Waals surface area contributed by atoms with E-state index in [4.69, 9.17) is 0 Å². The predicted molar refractivity (Wildman–Crippen MR) is 122 cm³/mol. The smallest absolute Gasteiger partial charge is 0.253 e. The summed E-state index contributed by atoms with van der Waals surface area (Å²) in [4.78, 5) is 38.5. The van der Waals surface area contributed by atoms with Gasteiger partial charge in [-0.25, -0.2) is 13.4 Å². The monoisotopic (exact) mass is 470 g/mol. The molecule has 0 aromatic heterocycles. The van der Waals surface area contributed by atoms with Crippen LogP contribution in [0, 0.1) is 13.8 Å². The van der Waals surface area contributed by atoms with Gasteiger partial charge in [0.15, 0.2) is 0 Å². The summed E-state index contributed by atoms with van der Waals surface area (Å²) < 4.78 is 27.5. The molecule has 2 aliphatic rings. The van der Waals surface area contributed by atoms with Gasteiger partial charge in [-0.15, -0.1) is 0 Å². The van der Waals surface area contributed by atoms with E-state index in [1.807, 2.05) is 13.0 Å². The number of nitrogens with zero attached hydrogens (tertiary/aromatic N) is 3. The molecule has 1 N–H and O–H groups in total. The van der Waals surface area contributed by atoms with Crippen LogP contribution in [0.5, 0.6) is 0 Å². The van der Waals surface area contributed by atoms with Gasteiger partial charge in [0.05, 0.1) is 10.6 Å². The average molecular weight is 471 g/mol. The molecular weight excluding hydrogens is 444 g/mol. The van der Waals surface area contributed by atoms with Crippen LogP contribution in [0.4, 0.5) is 5.69 Å². The molecule has 0 atom stereocenters. The van der Waals surface area contributed by atoms with Crippen molar-refractivity contribution >= 4 is 33.4 Å². The molecule has 2 saturated heterocycles. The summed E-state index contributed by atoms with van der Waals surface area (Å²) in [5.41, 5.74) is 5.14. The van der Waals surface area contributed by atoms with Crippen molar-refractivity contribution < 1.29 is 22.8 Å². The Bertz CT molecular complexity index is 1200. The Kier molecular flexibility index (Phi) is 6.22. The number of aryl methyl sites for hydroxylation is 2. The molecule has 0 saturated carbocycles. The van der Waals surface area contributed by atoms with E-state index in [-0.39, 0.29) is 56.7 Å². The second-order valence-corrected chi connectivity index (χ2v) is 10.2. The van der Waals surface area contributed by atoms with Crippen LogP contribution in [-0.4, -0.2) is 61.5 Å². The lowest BCUT2D eigenvalue weighted by Gasteiger charge is -2.34. The minimum atomic E-state index is -3.63. The Labute approximate surface area is 193 Å². The summed E-state index contributed by atoms with van der Waals surface area (Å²) in [5.74, 6) is -0.655. The Morgan fingerprint density at radius 1 is 0.909 bits per heavy atom. The summed E-state index contributed by atoms with van der Waals surface area (Å²) in [6, 6.07) is 11.7. The van der Waals surface area contributed by atoms with Crippen LogP contribution in [0.2, 0.25) is 0 Å². The van der Waals surface area contributed by atoms with E-state index in [0.717, 1.165) is 5.56 Å². The molecule has 10 heteroatoms. The number of benzene rings is 2. The highest BCUT2D eigenvalue weighted by atomic mass is 32.2. The van der Waals surface area contributed by atoms with E-state index in [2.05, 4.69) is 5.43 Å². The summed E-state index contributed by atoms with van der Waals surface area (Å²) in [6.45, 7) is 4.70. The average Bonchev–Trinajstić information content (AvgIpc) is 2.80. The van der Waals surface area contributed by atoms with Crippen molar-refractivity contribution in [3.05, 3.63) is 59.2 Å². The fourth-order valence-electron chi connectivity index (χ4n) is 4.08. The van der Waals surface area contributed by atoms with Gasteiger partial charge in [-0.3, -0.25) is 19.8 Å². The van der Waals surface area contributed by atoms with E-state index < -0.39 is 10.0 Å². The fourth-order valence-corrected chi connectivity index (χ4v) is 5.71. The van der Waals surface area contributed by atoms with Crippen LogP contribution in [-0.2, 0) is 19.6 Å². The van der Waals surface area contributed by atoms with E-state index in [1.54, 1.807) is 48.2 Å². The number of sulfonamides is 1. The van der Waals surface area contributed by atoms with Crippen LogP contribution in [0.3, 0.4) is 0 Å². The highest BCUT2D eigenvalue weighted by molar-refractivity contribution is 7.89. The molecule has 0 aliphatic carbocycles. The van der Waals surface area contributed by atoms with Gasteiger partial charge >= 0.3 is 0 Å². The minimum Gasteiger partial charge on any atom is -0.336 e. The highest BCUT2D eigenvalue weighted by Gasteiger charge is 2.31. The molecule has 2 aliphatic heterocycles. The predicted octanol–water partition coefficient (Wildman–Crippen LogP) is 1.61. The molecular formula is C23H26N4O5S. The first-order valence-electron chi connectivity index (χ1n) is 10.8. The van der Waals surface area contributed by atoms with Crippen LogP contribution in [0.25, 0.3) is 0 Å². The highest BCUT2D eigenvalue weighted by Crippen LogP contribution is 2.23. The van der Waals surface area contributed by atoms with Crippen LogP contribution in [0.1, 0.15) is 34.3 Å². The number of hydrazine groups is 1. The van der Waals surface area contributed by atoms with E-state index in [9.17, 15) is 22.8 Å². The zero-order valence-corrected chi connectivity index (χ0v) is 19.4. The third kappa shape index (κ3) is 4.62. The minimum absolute atomic E-state index is 0.141. The Hall–Kier alpha value is -3.24.